The smallest absolute Gasteiger partial charge is 0.207 e. The highest BCUT2D eigenvalue weighted by Gasteiger charge is 1.91. The average molecular weight is 216 g/mol. The van der Waals surface area contributed by atoms with E-state index in [1.807, 2.05) is 0 Å². The van der Waals surface area contributed by atoms with E-state index in [0.29, 0.717) is 26.2 Å². The van der Waals surface area contributed by atoms with Gasteiger partial charge in [0.25, 0.3) is 0 Å². The maximum atomic E-state index is 5.49. The van der Waals surface area contributed by atoms with Crippen LogP contribution in [0.4, 0.5) is 0 Å². The normalized spacial score (nSPS) is 12.7. The molecular formula is C7H20N8. The van der Waals surface area contributed by atoms with Gasteiger partial charge in [0.15, 0.2) is 0 Å². The van der Waals surface area contributed by atoms with Crippen LogP contribution in [0.5, 0.6) is 0 Å². The summed E-state index contributed by atoms with van der Waals surface area (Å²) in [6.45, 7) is 2.08. The van der Waals surface area contributed by atoms with Crippen molar-refractivity contribution < 1.29 is 0 Å². The second-order valence-electron chi connectivity index (χ2n) is 2.71. The Balaban J connectivity index is 3.69. The fourth-order valence-corrected chi connectivity index (χ4v) is 0.683. The van der Waals surface area contributed by atoms with Crippen LogP contribution in [0.2, 0.25) is 0 Å². The monoisotopic (exact) mass is 216 g/mol. The Kier molecular flexibility index (Phi) is 8.10. The molecule has 0 heterocycles. The first kappa shape index (κ1) is 13.5. The van der Waals surface area contributed by atoms with Crippen LogP contribution >= 0.6 is 0 Å². The molecule has 0 aromatic rings. The Morgan fingerprint density at radius 2 is 1.40 bits per heavy atom. The number of nitrogens with one attached hydrogen (secondary N) is 2. The highest BCUT2D eigenvalue weighted by molar-refractivity contribution is 5.83. The predicted octanol–water partition coefficient (Wildman–Crippen LogP) is -2.98. The second-order valence-corrected chi connectivity index (χ2v) is 2.71. The van der Waals surface area contributed by atoms with Crippen molar-refractivity contribution in [2.75, 3.05) is 26.2 Å². The summed E-state index contributed by atoms with van der Waals surface area (Å²) in [5.41, 5.74) is 26.7. The molecule has 88 valence electrons. The summed E-state index contributed by atoms with van der Waals surface area (Å²) in [6.07, 6.45) is 0.791. The zero-order chi connectivity index (χ0) is 11.5. The molecule has 0 aromatic heterocycles. The van der Waals surface area contributed by atoms with E-state index >= 15 is 0 Å². The zero-order valence-electron chi connectivity index (χ0n) is 8.74. The number of hydrogen-bond acceptors (Lipinski definition) is 4. The first-order valence-electron chi connectivity index (χ1n) is 4.72. The summed E-state index contributed by atoms with van der Waals surface area (Å²) in [7, 11) is 0. The lowest BCUT2D eigenvalue weighted by Crippen LogP contribution is -2.49. The van der Waals surface area contributed by atoms with E-state index in [-0.39, 0.29) is 11.9 Å². The van der Waals surface area contributed by atoms with Crippen molar-refractivity contribution in [1.82, 2.24) is 10.9 Å². The van der Waals surface area contributed by atoms with Gasteiger partial charge in [0.2, 0.25) is 11.9 Å². The lowest BCUT2D eigenvalue weighted by atomic mass is 10.4. The maximum Gasteiger partial charge on any atom is 0.207 e. The quantitative estimate of drug-likeness (QED) is 0.125. The van der Waals surface area contributed by atoms with Crippen molar-refractivity contribution in [3.63, 3.8) is 0 Å². The van der Waals surface area contributed by atoms with Gasteiger partial charge in [-0.3, -0.25) is 20.8 Å². The minimum atomic E-state index is 0.220. The molecule has 0 atom stereocenters. The maximum absolute atomic E-state index is 5.49. The Labute approximate surface area is 89.1 Å². The minimum Gasteiger partial charge on any atom is -0.369 e. The van der Waals surface area contributed by atoms with E-state index < -0.39 is 0 Å². The third kappa shape index (κ3) is 8.78. The summed E-state index contributed by atoms with van der Waals surface area (Å²) in [4.78, 5) is 7.85. The lowest BCUT2D eigenvalue weighted by molar-refractivity contribution is 0.798. The van der Waals surface area contributed by atoms with Gasteiger partial charge >= 0.3 is 0 Å². The first-order chi connectivity index (χ1) is 7.20. The van der Waals surface area contributed by atoms with Crippen molar-refractivity contribution in [3.8, 4) is 0 Å². The zero-order valence-corrected chi connectivity index (χ0v) is 8.74. The van der Waals surface area contributed by atoms with Gasteiger partial charge in [-0.1, -0.05) is 0 Å². The van der Waals surface area contributed by atoms with Crippen LogP contribution in [-0.2, 0) is 0 Å². The Morgan fingerprint density at radius 1 is 0.867 bits per heavy atom. The molecule has 8 heteroatoms. The van der Waals surface area contributed by atoms with E-state index in [1.54, 1.807) is 0 Å². The molecule has 0 bridgehead atoms. The second kappa shape index (κ2) is 9.03. The van der Waals surface area contributed by atoms with Gasteiger partial charge in [0.1, 0.15) is 0 Å². The van der Waals surface area contributed by atoms with Crippen molar-refractivity contribution in [3.05, 3.63) is 0 Å². The van der Waals surface area contributed by atoms with Crippen LogP contribution in [0.15, 0.2) is 9.98 Å². The molecule has 0 aliphatic carbocycles. The van der Waals surface area contributed by atoms with E-state index in [1.165, 1.54) is 0 Å². The van der Waals surface area contributed by atoms with Crippen molar-refractivity contribution in [2.45, 2.75) is 6.42 Å². The third-order valence-corrected chi connectivity index (χ3v) is 1.37. The summed E-state index contributed by atoms with van der Waals surface area (Å²) >= 11 is 0. The predicted molar refractivity (Wildman–Crippen MR) is 62.0 cm³/mol. The van der Waals surface area contributed by atoms with E-state index in [0.717, 1.165) is 6.42 Å². The number of guanidine groups is 2. The number of hydrogen-bond donors (Lipinski definition) is 6. The molecule has 0 aromatic carbocycles. The number of aliphatic imine (C=N–C) groups is 2. The van der Waals surface area contributed by atoms with Gasteiger partial charge in [-0.15, -0.1) is 0 Å². The van der Waals surface area contributed by atoms with E-state index in [9.17, 15) is 0 Å². The van der Waals surface area contributed by atoms with Crippen LogP contribution in [0.3, 0.4) is 0 Å². The van der Waals surface area contributed by atoms with Crippen LogP contribution in [0.1, 0.15) is 6.42 Å². The minimum absolute atomic E-state index is 0.220. The molecule has 0 spiro atoms. The van der Waals surface area contributed by atoms with Gasteiger partial charge in [-0.25, -0.2) is 0 Å². The fourth-order valence-electron chi connectivity index (χ4n) is 0.683. The lowest BCUT2D eigenvalue weighted by Gasteiger charge is -2.07. The Hall–Kier alpha value is -1.54. The largest absolute Gasteiger partial charge is 0.369 e. The summed E-state index contributed by atoms with van der Waals surface area (Å²) in [6, 6.07) is 0. The van der Waals surface area contributed by atoms with Gasteiger partial charge in [0, 0.05) is 13.1 Å². The van der Waals surface area contributed by atoms with Crippen molar-refractivity contribution in [1.29, 1.82) is 0 Å². The molecule has 0 fully saturated rings. The molecule has 15 heavy (non-hydrogen) atoms. The van der Waals surface area contributed by atoms with Gasteiger partial charge in [0.05, 0.1) is 6.54 Å². The molecule has 0 radical (unpaired) electrons. The molecule has 8 nitrogen and oxygen atoms in total. The van der Waals surface area contributed by atoms with Crippen LogP contribution < -0.4 is 33.8 Å². The molecular weight excluding hydrogens is 196 g/mol. The van der Waals surface area contributed by atoms with Crippen molar-refractivity contribution >= 4 is 11.9 Å². The number of rotatable bonds is 5. The molecule has 0 unspecified atom stereocenters. The van der Waals surface area contributed by atoms with Gasteiger partial charge < -0.3 is 22.9 Å². The Bertz CT molecular complexity index is 211. The SMILES string of the molecule is NCCCN=C(N)NNC(N)=NCCN. The third-order valence-electron chi connectivity index (χ3n) is 1.37. The number of nitrogens with two attached hydrogens (primary N) is 4. The molecule has 0 rings (SSSR count). The van der Waals surface area contributed by atoms with E-state index in [4.69, 9.17) is 22.9 Å². The molecule has 0 saturated heterocycles. The number of hydrazine groups is 1. The van der Waals surface area contributed by atoms with Crippen molar-refractivity contribution in [2.24, 2.45) is 32.9 Å². The van der Waals surface area contributed by atoms with Gasteiger partial charge in [-0.05, 0) is 13.0 Å². The molecule has 0 saturated carbocycles. The van der Waals surface area contributed by atoms with Crippen LogP contribution in [0.25, 0.3) is 0 Å². The molecule has 0 amide bonds. The standard InChI is InChI=1S/C7H20N8/c8-2-1-4-12-6(10)14-15-7(11)13-5-3-9/h1-5,8-9H2,(H3,10,12,14)(H3,11,13,15). The summed E-state index contributed by atoms with van der Waals surface area (Å²) in [5.74, 6) is 0.465. The van der Waals surface area contributed by atoms with Crippen LogP contribution in [0, 0.1) is 0 Å². The topological polar surface area (TPSA) is 153 Å². The average Bonchev–Trinajstić information content (AvgIpc) is 2.24. The number of nitrogens with zero attached hydrogens (tertiary/aromatic N) is 2. The highest BCUT2D eigenvalue weighted by Crippen LogP contribution is 1.75. The highest BCUT2D eigenvalue weighted by atomic mass is 15.4. The van der Waals surface area contributed by atoms with E-state index in [2.05, 4.69) is 20.8 Å². The summed E-state index contributed by atoms with van der Waals surface area (Å²) < 4.78 is 0. The molecule has 0 aliphatic rings. The van der Waals surface area contributed by atoms with Crippen LogP contribution in [-0.4, -0.2) is 38.1 Å². The fraction of sp³-hybridized carbons (Fsp3) is 0.714. The first-order valence-corrected chi connectivity index (χ1v) is 4.72. The Morgan fingerprint density at radius 3 is 1.87 bits per heavy atom. The van der Waals surface area contributed by atoms with Gasteiger partial charge in [-0.2, -0.15) is 0 Å². The molecule has 0 aliphatic heterocycles. The summed E-state index contributed by atoms with van der Waals surface area (Å²) in [5, 5.41) is 0. The molecule has 10 N–H and O–H groups in total.